The Morgan fingerprint density at radius 1 is 0.273 bits per heavy atom. The van der Waals surface area contributed by atoms with E-state index in [1.165, 1.54) is 193 Å². The average molecular weight is 466 g/mol. The molecule has 0 radical (unpaired) electrons. The molecule has 0 aliphatic carbocycles. The van der Waals surface area contributed by atoms with Gasteiger partial charge in [-0.1, -0.05) is 187 Å². The standard InChI is InChI=1S/C32H67N/c1-3-4-5-6-7-8-9-10-11-12-13-14-15-16-17-18-19-20-21-22-23-24-25-26-27-28-29-30-31-32-33-2/h33H,3-32H2,1-2H3. The number of rotatable bonds is 30. The van der Waals surface area contributed by atoms with Gasteiger partial charge < -0.3 is 5.32 Å². The maximum Gasteiger partial charge on any atom is -0.00519 e. The van der Waals surface area contributed by atoms with E-state index in [-0.39, 0.29) is 0 Å². The Hall–Kier alpha value is -0.0400. The summed E-state index contributed by atoms with van der Waals surface area (Å²) in [6, 6.07) is 0. The molecule has 0 amide bonds. The molecule has 0 saturated heterocycles. The van der Waals surface area contributed by atoms with Crippen molar-refractivity contribution in [2.45, 2.75) is 193 Å². The summed E-state index contributed by atoms with van der Waals surface area (Å²) in [6.07, 6.45) is 42.7. The molecule has 0 spiro atoms. The van der Waals surface area contributed by atoms with E-state index >= 15 is 0 Å². The largest absolute Gasteiger partial charge is 0.320 e. The molecule has 0 aromatic rings. The van der Waals surface area contributed by atoms with Crippen LogP contribution in [0.25, 0.3) is 0 Å². The molecule has 33 heavy (non-hydrogen) atoms. The van der Waals surface area contributed by atoms with Crippen LogP contribution in [-0.2, 0) is 0 Å². The summed E-state index contributed by atoms with van der Waals surface area (Å²) in [7, 11) is 2.06. The van der Waals surface area contributed by atoms with Crippen molar-refractivity contribution >= 4 is 0 Å². The van der Waals surface area contributed by atoms with Gasteiger partial charge in [-0.15, -0.1) is 0 Å². The van der Waals surface area contributed by atoms with Crippen molar-refractivity contribution in [1.29, 1.82) is 0 Å². The van der Waals surface area contributed by atoms with Crippen LogP contribution >= 0.6 is 0 Å². The van der Waals surface area contributed by atoms with E-state index in [0.29, 0.717) is 0 Å². The molecule has 0 aliphatic rings. The van der Waals surface area contributed by atoms with Crippen LogP contribution in [0.3, 0.4) is 0 Å². The van der Waals surface area contributed by atoms with Gasteiger partial charge in [-0.2, -0.15) is 0 Å². The fraction of sp³-hybridized carbons (Fsp3) is 1.00. The van der Waals surface area contributed by atoms with E-state index in [2.05, 4.69) is 19.3 Å². The topological polar surface area (TPSA) is 12.0 Å². The second kappa shape index (κ2) is 32.0. The highest BCUT2D eigenvalue weighted by Crippen LogP contribution is 2.16. The normalized spacial score (nSPS) is 11.5. The zero-order valence-corrected chi connectivity index (χ0v) is 23.7. The van der Waals surface area contributed by atoms with Crippen LogP contribution in [0, 0.1) is 0 Å². The number of nitrogens with one attached hydrogen (secondary N) is 1. The number of hydrogen-bond acceptors (Lipinski definition) is 1. The quantitative estimate of drug-likeness (QED) is 0.104. The lowest BCUT2D eigenvalue weighted by Gasteiger charge is -2.04. The lowest BCUT2D eigenvalue weighted by atomic mass is 10.0. The van der Waals surface area contributed by atoms with Gasteiger partial charge in [0.15, 0.2) is 0 Å². The van der Waals surface area contributed by atoms with E-state index in [9.17, 15) is 0 Å². The Labute approximate surface area is 212 Å². The van der Waals surface area contributed by atoms with E-state index in [1.807, 2.05) is 0 Å². The minimum Gasteiger partial charge on any atom is -0.320 e. The molecule has 0 atom stereocenters. The molecule has 1 heteroatoms. The van der Waals surface area contributed by atoms with Crippen LogP contribution in [0.2, 0.25) is 0 Å². The molecule has 200 valence electrons. The second-order valence-electron chi connectivity index (χ2n) is 11.0. The molecule has 0 aromatic carbocycles. The smallest absolute Gasteiger partial charge is 0.00519 e. The molecule has 0 bridgehead atoms. The van der Waals surface area contributed by atoms with Crippen molar-refractivity contribution in [3.05, 3.63) is 0 Å². The SMILES string of the molecule is CCCCCCCCCCCCCCCCCCCCCCCCCCCCCCCNC. The van der Waals surface area contributed by atoms with Gasteiger partial charge in [0.2, 0.25) is 0 Å². The van der Waals surface area contributed by atoms with Gasteiger partial charge in [-0.3, -0.25) is 0 Å². The highest BCUT2D eigenvalue weighted by Gasteiger charge is 1.96. The van der Waals surface area contributed by atoms with Crippen LogP contribution in [0.15, 0.2) is 0 Å². The number of unbranched alkanes of at least 4 members (excludes halogenated alkanes) is 28. The van der Waals surface area contributed by atoms with Crippen molar-refractivity contribution in [3.8, 4) is 0 Å². The molecule has 1 nitrogen and oxygen atoms in total. The first-order chi connectivity index (χ1) is 16.4. The minimum atomic E-state index is 1.19. The summed E-state index contributed by atoms with van der Waals surface area (Å²) in [6.45, 7) is 3.50. The van der Waals surface area contributed by atoms with Gasteiger partial charge in [-0.25, -0.2) is 0 Å². The third kappa shape index (κ3) is 32.0. The molecule has 0 rings (SSSR count). The Morgan fingerprint density at radius 3 is 0.636 bits per heavy atom. The first-order valence-corrected chi connectivity index (χ1v) is 16.1. The van der Waals surface area contributed by atoms with Crippen molar-refractivity contribution in [1.82, 2.24) is 5.32 Å². The van der Waals surface area contributed by atoms with Gasteiger partial charge in [0.25, 0.3) is 0 Å². The van der Waals surface area contributed by atoms with Gasteiger partial charge >= 0.3 is 0 Å². The number of hydrogen-bond donors (Lipinski definition) is 1. The summed E-state index contributed by atoms with van der Waals surface area (Å²) in [5.41, 5.74) is 0. The van der Waals surface area contributed by atoms with Crippen molar-refractivity contribution in [2.24, 2.45) is 0 Å². The Bertz CT molecular complexity index is 284. The van der Waals surface area contributed by atoms with Crippen LogP contribution in [0.1, 0.15) is 193 Å². The maximum absolute atomic E-state index is 3.24. The highest BCUT2D eigenvalue weighted by molar-refractivity contribution is 4.52. The fourth-order valence-corrected chi connectivity index (χ4v) is 5.15. The van der Waals surface area contributed by atoms with Gasteiger partial charge in [-0.05, 0) is 20.0 Å². The molecule has 0 unspecified atom stereocenters. The molecule has 0 aromatic heterocycles. The van der Waals surface area contributed by atoms with Gasteiger partial charge in [0.05, 0.1) is 0 Å². The average Bonchev–Trinajstić information content (AvgIpc) is 2.83. The zero-order chi connectivity index (χ0) is 23.9. The summed E-state index contributed by atoms with van der Waals surface area (Å²) in [4.78, 5) is 0. The molecular weight excluding hydrogens is 398 g/mol. The predicted octanol–water partition coefficient (Wildman–Crippen LogP) is 11.5. The second-order valence-corrected chi connectivity index (χ2v) is 11.0. The molecule has 0 saturated carbocycles. The third-order valence-corrected chi connectivity index (χ3v) is 7.53. The highest BCUT2D eigenvalue weighted by atomic mass is 14.8. The lowest BCUT2D eigenvalue weighted by molar-refractivity contribution is 0.513. The minimum absolute atomic E-state index is 1.19. The van der Waals surface area contributed by atoms with Crippen LogP contribution in [0.5, 0.6) is 0 Å². The summed E-state index contributed by atoms with van der Waals surface area (Å²) in [5.74, 6) is 0. The Kier molecular flexibility index (Phi) is 31.9. The molecule has 0 fully saturated rings. The lowest BCUT2D eigenvalue weighted by Crippen LogP contribution is -2.06. The van der Waals surface area contributed by atoms with E-state index in [0.717, 1.165) is 0 Å². The maximum atomic E-state index is 3.24. The van der Waals surface area contributed by atoms with E-state index < -0.39 is 0 Å². The fourth-order valence-electron chi connectivity index (χ4n) is 5.15. The van der Waals surface area contributed by atoms with Crippen LogP contribution in [0.4, 0.5) is 0 Å². The monoisotopic (exact) mass is 466 g/mol. The Morgan fingerprint density at radius 2 is 0.455 bits per heavy atom. The molecular formula is C32H67N. The van der Waals surface area contributed by atoms with E-state index in [4.69, 9.17) is 0 Å². The summed E-state index contributed by atoms with van der Waals surface area (Å²) < 4.78 is 0. The predicted molar refractivity (Wildman–Crippen MR) is 153 cm³/mol. The van der Waals surface area contributed by atoms with Gasteiger partial charge in [0, 0.05) is 0 Å². The summed E-state index contributed by atoms with van der Waals surface area (Å²) in [5, 5.41) is 3.24. The van der Waals surface area contributed by atoms with Gasteiger partial charge in [0.1, 0.15) is 0 Å². The first-order valence-electron chi connectivity index (χ1n) is 16.1. The third-order valence-electron chi connectivity index (χ3n) is 7.53. The van der Waals surface area contributed by atoms with Crippen LogP contribution < -0.4 is 5.32 Å². The Balaban J connectivity index is 2.99. The van der Waals surface area contributed by atoms with Crippen LogP contribution in [-0.4, -0.2) is 13.6 Å². The molecule has 0 aliphatic heterocycles. The van der Waals surface area contributed by atoms with E-state index in [1.54, 1.807) is 0 Å². The first kappa shape index (κ1) is 33.0. The van der Waals surface area contributed by atoms with Crippen molar-refractivity contribution in [2.75, 3.05) is 13.6 Å². The van der Waals surface area contributed by atoms with Crippen molar-refractivity contribution < 1.29 is 0 Å². The summed E-state index contributed by atoms with van der Waals surface area (Å²) >= 11 is 0. The zero-order valence-electron chi connectivity index (χ0n) is 23.7. The van der Waals surface area contributed by atoms with Crippen molar-refractivity contribution in [3.63, 3.8) is 0 Å². The molecule has 1 N–H and O–H groups in total. The molecule has 0 heterocycles.